The van der Waals surface area contributed by atoms with Crippen molar-refractivity contribution >= 4 is 5.91 Å². The van der Waals surface area contributed by atoms with Gasteiger partial charge in [-0.3, -0.25) is 4.79 Å². The van der Waals surface area contributed by atoms with E-state index in [4.69, 9.17) is 0 Å². The van der Waals surface area contributed by atoms with Gasteiger partial charge in [0.05, 0.1) is 6.54 Å². The van der Waals surface area contributed by atoms with Crippen molar-refractivity contribution in [2.24, 2.45) is 0 Å². The van der Waals surface area contributed by atoms with Crippen LogP contribution in [0.5, 0.6) is 0 Å². The van der Waals surface area contributed by atoms with Crippen LogP contribution in [-0.2, 0) is 19.5 Å². The Balaban J connectivity index is 1.73. The molecule has 3 heteroatoms. The van der Waals surface area contributed by atoms with Gasteiger partial charge in [0.25, 0.3) is 5.91 Å². The van der Waals surface area contributed by atoms with E-state index in [0.717, 1.165) is 44.3 Å². The van der Waals surface area contributed by atoms with Crippen LogP contribution < -0.4 is 0 Å². The van der Waals surface area contributed by atoms with E-state index in [0.29, 0.717) is 6.54 Å². The Labute approximate surface area is 187 Å². The summed E-state index contributed by atoms with van der Waals surface area (Å²) in [5.74, 6) is 0.130. The van der Waals surface area contributed by atoms with Gasteiger partial charge in [-0.05, 0) is 54.7 Å². The lowest BCUT2D eigenvalue weighted by Gasteiger charge is -2.24. The van der Waals surface area contributed by atoms with Gasteiger partial charge >= 0.3 is 0 Å². The summed E-state index contributed by atoms with van der Waals surface area (Å²) in [5, 5.41) is 0. The minimum Gasteiger partial charge on any atom is -0.345 e. The van der Waals surface area contributed by atoms with E-state index in [1.807, 2.05) is 23.1 Å². The van der Waals surface area contributed by atoms with Crippen LogP contribution in [0.25, 0.3) is 0 Å². The predicted octanol–water partition coefficient (Wildman–Crippen LogP) is 6.71. The maximum absolute atomic E-state index is 13.4. The van der Waals surface area contributed by atoms with Crippen molar-refractivity contribution in [2.45, 2.75) is 65.5 Å². The number of aryl methyl sites for hydroxylation is 1. The molecule has 0 aliphatic rings. The molecule has 1 amide bonds. The highest BCUT2D eigenvalue weighted by Gasteiger charge is 2.17. The summed E-state index contributed by atoms with van der Waals surface area (Å²) in [6.07, 6.45) is 8.90. The lowest BCUT2D eigenvalue weighted by molar-refractivity contribution is 0.0736. The van der Waals surface area contributed by atoms with E-state index < -0.39 is 0 Å². The predicted molar refractivity (Wildman–Crippen MR) is 129 cm³/mol. The molecule has 2 aromatic carbocycles. The van der Waals surface area contributed by atoms with E-state index in [9.17, 15) is 4.79 Å². The zero-order chi connectivity index (χ0) is 21.9. The van der Waals surface area contributed by atoms with Gasteiger partial charge in [0.1, 0.15) is 0 Å². The van der Waals surface area contributed by atoms with Crippen LogP contribution in [0.3, 0.4) is 0 Å². The van der Waals surface area contributed by atoms with Crippen LogP contribution in [0, 0.1) is 0 Å². The lowest BCUT2D eigenvalue weighted by atomic mass is 10.1. The Morgan fingerprint density at radius 3 is 2.26 bits per heavy atom. The summed E-state index contributed by atoms with van der Waals surface area (Å²) < 4.78 is 2.25. The van der Waals surface area contributed by atoms with Gasteiger partial charge in [0.15, 0.2) is 0 Å². The molecule has 0 unspecified atom stereocenters. The molecule has 0 atom stereocenters. The fourth-order valence-electron chi connectivity index (χ4n) is 3.91. The van der Waals surface area contributed by atoms with Gasteiger partial charge in [-0.25, -0.2) is 0 Å². The molecule has 3 rings (SSSR count). The van der Waals surface area contributed by atoms with Crippen LogP contribution >= 0.6 is 0 Å². The molecule has 0 spiro atoms. The Kier molecular flexibility index (Phi) is 8.96. The summed E-state index contributed by atoms with van der Waals surface area (Å²) >= 11 is 0. The summed E-state index contributed by atoms with van der Waals surface area (Å²) in [6, 6.07) is 22.9. The third-order valence-corrected chi connectivity index (χ3v) is 5.81. The first kappa shape index (κ1) is 22.9. The van der Waals surface area contributed by atoms with Gasteiger partial charge in [-0.2, -0.15) is 0 Å². The quantitative estimate of drug-likeness (QED) is 0.301. The first-order valence-corrected chi connectivity index (χ1v) is 11.8. The van der Waals surface area contributed by atoms with Gasteiger partial charge < -0.3 is 9.47 Å². The zero-order valence-electron chi connectivity index (χ0n) is 19.1. The lowest BCUT2D eigenvalue weighted by Crippen LogP contribution is -2.32. The number of rotatable bonds is 12. The van der Waals surface area contributed by atoms with Crippen LogP contribution in [-0.4, -0.2) is 21.9 Å². The van der Waals surface area contributed by atoms with Gasteiger partial charge in [-0.1, -0.05) is 75.6 Å². The molecule has 164 valence electrons. The second-order valence-corrected chi connectivity index (χ2v) is 8.35. The average Bonchev–Trinajstić information content (AvgIpc) is 3.24. The highest BCUT2D eigenvalue weighted by Crippen LogP contribution is 2.16. The Morgan fingerprint density at radius 1 is 0.806 bits per heavy atom. The Hall–Kier alpha value is -2.81. The average molecular weight is 417 g/mol. The number of hydrogen-bond acceptors (Lipinski definition) is 1. The fraction of sp³-hybridized carbons (Fsp3) is 0.393. The third kappa shape index (κ3) is 6.85. The summed E-state index contributed by atoms with van der Waals surface area (Å²) in [5.41, 5.74) is 4.55. The van der Waals surface area contributed by atoms with Crippen molar-refractivity contribution in [1.29, 1.82) is 0 Å². The van der Waals surface area contributed by atoms with Crippen LogP contribution in [0.2, 0.25) is 0 Å². The maximum Gasteiger partial charge on any atom is 0.254 e. The fourth-order valence-corrected chi connectivity index (χ4v) is 3.91. The summed E-state index contributed by atoms with van der Waals surface area (Å²) in [7, 11) is 0. The molecule has 31 heavy (non-hydrogen) atoms. The highest BCUT2D eigenvalue weighted by molar-refractivity contribution is 5.94. The molecule has 0 bridgehead atoms. The third-order valence-electron chi connectivity index (χ3n) is 5.81. The van der Waals surface area contributed by atoms with Gasteiger partial charge in [0, 0.05) is 30.5 Å². The molecule has 1 aromatic heterocycles. The first-order chi connectivity index (χ1) is 15.2. The molecular formula is C28H36N2O. The second kappa shape index (κ2) is 12.1. The molecule has 0 fully saturated rings. The number of aromatic nitrogens is 1. The number of carbonyl (C=O) groups excluding carboxylic acids is 1. The van der Waals surface area contributed by atoms with Crippen molar-refractivity contribution in [1.82, 2.24) is 9.47 Å². The van der Waals surface area contributed by atoms with E-state index in [1.54, 1.807) is 0 Å². The summed E-state index contributed by atoms with van der Waals surface area (Å²) in [6.45, 7) is 6.67. The van der Waals surface area contributed by atoms with Gasteiger partial charge in [-0.15, -0.1) is 0 Å². The number of nitrogens with zero attached hydrogens (tertiary/aromatic N) is 2. The number of amides is 1. The second-order valence-electron chi connectivity index (χ2n) is 8.35. The first-order valence-electron chi connectivity index (χ1n) is 11.8. The standard InChI is InChI=1S/C28H36N2O/c1-3-5-10-20-30(28(31)26-18-16-24(17-19-26)12-6-4-2)23-27-15-11-21-29(27)22-25-13-8-7-9-14-25/h7-9,11,13-19,21H,3-6,10,12,20,22-23H2,1-2H3. The molecule has 0 radical (unpaired) electrons. The van der Waals surface area contributed by atoms with Crippen molar-refractivity contribution < 1.29 is 4.79 Å². The molecule has 0 aliphatic heterocycles. The maximum atomic E-state index is 13.4. The molecule has 1 heterocycles. The molecule has 0 aliphatic carbocycles. The Bertz CT molecular complexity index is 912. The summed E-state index contributed by atoms with van der Waals surface area (Å²) in [4.78, 5) is 15.4. The van der Waals surface area contributed by atoms with Crippen molar-refractivity contribution in [3.63, 3.8) is 0 Å². The highest BCUT2D eigenvalue weighted by atomic mass is 16.2. The number of carbonyl (C=O) groups is 1. The number of benzene rings is 2. The Morgan fingerprint density at radius 2 is 1.55 bits per heavy atom. The number of unbranched alkanes of at least 4 members (excludes halogenated alkanes) is 3. The molecule has 3 nitrogen and oxygen atoms in total. The smallest absolute Gasteiger partial charge is 0.254 e. The molecule has 0 saturated heterocycles. The molecule has 3 aromatic rings. The normalized spacial score (nSPS) is 10.9. The van der Waals surface area contributed by atoms with E-state index >= 15 is 0 Å². The van der Waals surface area contributed by atoms with E-state index in [1.165, 1.54) is 29.7 Å². The van der Waals surface area contributed by atoms with E-state index in [-0.39, 0.29) is 5.91 Å². The molecule has 0 saturated carbocycles. The van der Waals surface area contributed by atoms with E-state index in [2.05, 4.69) is 73.1 Å². The topological polar surface area (TPSA) is 25.2 Å². The SMILES string of the molecule is CCCCCN(Cc1cccn1Cc1ccccc1)C(=O)c1ccc(CCCC)cc1. The van der Waals surface area contributed by atoms with Crippen molar-refractivity contribution in [2.75, 3.05) is 6.54 Å². The molecule has 0 N–H and O–H groups in total. The van der Waals surface area contributed by atoms with Crippen LogP contribution in [0.15, 0.2) is 72.9 Å². The molecular weight excluding hydrogens is 380 g/mol. The van der Waals surface area contributed by atoms with Crippen molar-refractivity contribution in [3.05, 3.63) is 95.3 Å². The minimum atomic E-state index is 0.130. The van der Waals surface area contributed by atoms with Gasteiger partial charge in [0.2, 0.25) is 0 Å². The van der Waals surface area contributed by atoms with Crippen LogP contribution in [0.4, 0.5) is 0 Å². The zero-order valence-corrected chi connectivity index (χ0v) is 19.1. The largest absolute Gasteiger partial charge is 0.345 e. The van der Waals surface area contributed by atoms with Crippen LogP contribution in [0.1, 0.15) is 73.1 Å². The monoisotopic (exact) mass is 416 g/mol. The number of hydrogen-bond donors (Lipinski definition) is 0. The minimum absolute atomic E-state index is 0.130. The van der Waals surface area contributed by atoms with Crippen molar-refractivity contribution in [3.8, 4) is 0 Å².